The molecule has 6 nitrogen and oxygen atoms in total. The molecule has 7 heteroatoms. The van der Waals surface area contributed by atoms with Crippen molar-refractivity contribution < 1.29 is 19.5 Å². The maximum atomic E-state index is 10.9. The predicted octanol–water partition coefficient (Wildman–Crippen LogP) is -0.427. The molecular weight excluding hydrogens is 232 g/mol. The lowest BCUT2D eigenvalue weighted by atomic mass is 10.3. The van der Waals surface area contributed by atoms with Crippen LogP contribution in [-0.4, -0.2) is 39.9 Å². The van der Waals surface area contributed by atoms with Crippen LogP contribution in [0.25, 0.3) is 0 Å². The number of carbonyl (C=O) groups excluding carboxylic acids is 2. The van der Waals surface area contributed by atoms with Crippen molar-refractivity contribution in [2.75, 3.05) is 5.75 Å². The summed E-state index contributed by atoms with van der Waals surface area (Å²) in [6, 6.07) is -0.990. The molecule has 2 atom stereocenters. The maximum absolute atomic E-state index is 10.9. The Hall–Kier alpha value is -1.24. The standard InChI is InChI=1S/C9H16N2O4S/c1-3-7(8(10)13)16-4-6(9(14)15)11-5(2)12/h6-7H,3-4H2,1-2H3,(H2,10,13)(H,11,12)(H,14,15)/t6-,7?/m0/s1. The van der Waals surface area contributed by atoms with Crippen LogP contribution in [0.15, 0.2) is 0 Å². The molecule has 0 heterocycles. The number of carboxylic acid groups (broad SMARTS) is 1. The molecular formula is C9H16N2O4S. The molecule has 0 aliphatic carbocycles. The van der Waals surface area contributed by atoms with E-state index in [9.17, 15) is 14.4 Å². The van der Waals surface area contributed by atoms with Gasteiger partial charge in [-0.1, -0.05) is 6.92 Å². The van der Waals surface area contributed by atoms with Crippen LogP contribution < -0.4 is 11.1 Å². The van der Waals surface area contributed by atoms with Crippen molar-refractivity contribution in [3.05, 3.63) is 0 Å². The molecule has 0 bridgehead atoms. The number of hydrogen-bond acceptors (Lipinski definition) is 4. The van der Waals surface area contributed by atoms with Crippen molar-refractivity contribution in [1.82, 2.24) is 5.32 Å². The van der Waals surface area contributed by atoms with E-state index in [4.69, 9.17) is 10.8 Å². The van der Waals surface area contributed by atoms with Crippen LogP contribution >= 0.6 is 11.8 Å². The Kier molecular flexibility index (Phi) is 6.55. The minimum Gasteiger partial charge on any atom is -0.480 e. The van der Waals surface area contributed by atoms with Crippen molar-refractivity contribution in [3.63, 3.8) is 0 Å². The van der Waals surface area contributed by atoms with E-state index in [1.165, 1.54) is 6.92 Å². The van der Waals surface area contributed by atoms with Gasteiger partial charge in [0.05, 0.1) is 5.25 Å². The number of hydrogen-bond donors (Lipinski definition) is 3. The van der Waals surface area contributed by atoms with Gasteiger partial charge in [0, 0.05) is 12.7 Å². The molecule has 0 rings (SSSR count). The third-order valence-electron chi connectivity index (χ3n) is 1.83. The van der Waals surface area contributed by atoms with E-state index in [1.54, 1.807) is 6.92 Å². The summed E-state index contributed by atoms with van der Waals surface area (Å²) in [5.74, 6) is -1.89. The summed E-state index contributed by atoms with van der Waals surface area (Å²) in [7, 11) is 0. The Morgan fingerprint density at radius 1 is 1.44 bits per heavy atom. The van der Waals surface area contributed by atoms with E-state index in [0.29, 0.717) is 6.42 Å². The van der Waals surface area contributed by atoms with Crippen molar-refractivity contribution in [3.8, 4) is 0 Å². The fraction of sp³-hybridized carbons (Fsp3) is 0.667. The second kappa shape index (κ2) is 7.10. The van der Waals surface area contributed by atoms with Crippen LogP contribution in [0.2, 0.25) is 0 Å². The maximum Gasteiger partial charge on any atom is 0.327 e. The summed E-state index contributed by atoms with van der Waals surface area (Å²) in [5.41, 5.74) is 5.12. The molecule has 0 saturated carbocycles. The van der Waals surface area contributed by atoms with E-state index in [2.05, 4.69) is 5.32 Å². The quantitative estimate of drug-likeness (QED) is 0.566. The zero-order valence-corrected chi connectivity index (χ0v) is 10.0. The van der Waals surface area contributed by atoms with E-state index in [-0.39, 0.29) is 5.75 Å². The number of thioether (sulfide) groups is 1. The van der Waals surface area contributed by atoms with Crippen LogP contribution in [0.5, 0.6) is 0 Å². The van der Waals surface area contributed by atoms with Gasteiger partial charge in [-0.3, -0.25) is 9.59 Å². The lowest BCUT2D eigenvalue weighted by molar-refractivity contribution is -0.140. The molecule has 0 aromatic rings. The molecule has 0 aliphatic heterocycles. The van der Waals surface area contributed by atoms with E-state index >= 15 is 0 Å². The van der Waals surface area contributed by atoms with Gasteiger partial charge < -0.3 is 16.2 Å². The van der Waals surface area contributed by atoms with Gasteiger partial charge in [0.1, 0.15) is 6.04 Å². The highest BCUT2D eigenvalue weighted by atomic mass is 32.2. The SMILES string of the molecule is CCC(SC[C@H](NC(C)=O)C(=O)O)C(N)=O. The average molecular weight is 248 g/mol. The lowest BCUT2D eigenvalue weighted by Gasteiger charge is -2.15. The lowest BCUT2D eigenvalue weighted by Crippen LogP contribution is -2.42. The summed E-state index contributed by atoms with van der Waals surface area (Å²) < 4.78 is 0. The van der Waals surface area contributed by atoms with Crippen LogP contribution in [0.1, 0.15) is 20.3 Å². The highest BCUT2D eigenvalue weighted by molar-refractivity contribution is 8.00. The topological polar surface area (TPSA) is 109 Å². The molecule has 0 fully saturated rings. The summed E-state index contributed by atoms with van der Waals surface area (Å²) in [6.07, 6.45) is 0.534. The Labute approximate surface area is 98.0 Å². The van der Waals surface area contributed by atoms with Crippen molar-refractivity contribution in [1.29, 1.82) is 0 Å². The zero-order valence-electron chi connectivity index (χ0n) is 9.23. The van der Waals surface area contributed by atoms with Crippen molar-refractivity contribution in [2.45, 2.75) is 31.6 Å². The number of primary amides is 1. The first kappa shape index (κ1) is 14.8. The third-order valence-corrected chi connectivity index (χ3v) is 3.32. The molecule has 0 saturated heterocycles. The summed E-state index contributed by atoms with van der Waals surface area (Å²) >= 11 is 1.14. The third kappa shape index (κ3) is 5.59. The van der Waals surface area contributed by atoms with Gasteiger partial charge in [0.15, 0.2) is 0 Å². The second-order valence-corrected chi connectivity index (χ2v) is 4.46. The number of carbonyl (C=O) groups is 3. The minimum atomic E-state index is -1.12. The van der Waals surface area contributed by atoms with Crippen molar-refractivity contribution >= 4 is 29.5 Å². The fourth-order valence-electron chi connectivity index (χ4n) is 1.03. The monoisotopic (exact) mass is 248 g/mol. The molecule has 1 unspecified atom stereocenters. The number of nitrogens with one attached hydrogen (secondary N) is 1. The van der Waals surface area contributed by atoms with Crippen molar-refractivity contribution in [2.24, 2.45) is 5.73 Å². The van der Waals surface area contributed by atoms with Crippen LogP contribution in [0.3, 0.4) is 0 Å². The number of aliphatic carboxylic acids is 1. The molecule has 0 aliphatic rings. The number of rotatable bonds is 7. The molecule has 16 heavy (non-hydrogen) atoms. The molecule has 4 N–H and O–H groups in total. The van der Waals surface area contributed by atoms with Crippen LogP contribution in [0.4, 0.5) is 0 Å². The van der Waals surface area contributed by atoms with Gasteiger partial charge in [-0.05, 0) is 6.42 Å². The van der Waals surface area contributed by atoms with Gasteiger partial charge in [0.25, 0.3) is 0 Å². The summed E-state index contributed by atoms with van der Waals surface area (Å²) in [4.78, 5) is 32.4. The normalized spacial score (nSPS) is 13.9. The first-order chi connectivity index (χ1) is 7.38. The van der Waals surface area contributed by atoms with Gasteiger partial charge in [-0.25, -0.2) is 4.79 Å². The zero-order chi connectivity index (χ0) is 12.7. The highest BCUT2D eigenvalue weighted by Crippen LogP contribution is 2.15. The van der Waals surface area contributed by atoms with Crippen LogP contribution in [-0.2, 0) is 14.4 Å². The number of carboxylic acids is 1. The van der Waals surface area contributed by atoms with Gasteiger partial charge in [0.2, 0.25) is 11.8 Å². The number of amides is 2. The minimum absolute atomic E-state index is 0.121. The second-order valence-electron chi connectivity index (χ2n) is 3.22. The molecule has 0 aromatic heterocycles. The summed E-state index contributed by atoms with van der Waals surface area (Å²) in [5, 5.41) is 10.7. The van der Waals surface area contributed by atoms with E-state index in [1.807, 2.05) is 0 Å². The fourth-order valence-corrected chi connectivity index (χ4v) is 2.08. The van der Waals surface area contributed by atoms with Gasteiger partial charge >= 0.3 is 5.97 Å². The van der Waals surface area contributed by atoms with Crippen LogP contribution in [0, 0.1) is 0 Å². The largest absolute Gasteiger partial charge is 0.480 e. The molecule has 92 valence electrons. The predicted molar refractivity (Wildman–Crippen MR) is 61.0 cm³/mol. The van der Waals surface area contributed by atoms with E-state index in [0.717, 1.165) is 11.8 Å². The Morgan fingerprint density at radius 2 is 2.00 bits per heavy atom. The molecule has 0 aromatic carbocycles. The summed E-state index contributed by atoms with van der Waals surface area (Å²) in [6.45, 7) is 3.03. The Bertz CT molecular complexity index is 283. The van der Waals surface area contributed by atoms with E-state index < -0.39 is 29.1 Å². The first-order valence-electron chi connectivity index (χ1n) is 4.79. The molecule has 0 radical (unpaired) electrons. The highest BCUT2D eigenvalue weighted by Gasteiger charge is 2.22. The first-order valence-corrected chi connectivity index (χ1v) is 5.84. The van der Waals surface area contributed by atoms with Gasteiger partial charge in [-0.2, -0.15) is 0 Å². The average Bonchev–Trinajstić information content (AvgIpc) is 2.15. The molecule has 2 amide bonds. The Balaban J connectivity index is 4.25. The molecule has 0 spiro atoms. The Morgan fingerprint density at radius 3 is 2.31 bits per heavy atom. The van der Waals surface area contributed by atoms with Gasteiger partial charge in [-0.15, -0.1) is 11.8 Å². The smallest absolute Gasteiger partial charge is 0.327 e. The number of nitrogens with two attached hydrogens (primary N) is 1.